The summed E-state index contributed by atoms with van der Waals surface area (Å²) in [5.41, 5.74) is 14.9. The highest BCUT2D eigenvalue weighted by Gasteiger charge is 2.18. The second kappa shape index (κ2) is 6.04. The molecule has 112 valence electrons. The van der Waals surface area contributed by atoms with E-state index in [4.69, 9.17) is 25.8 Å². The Bertz CT molecular complexity index is 735. The molecule has 2 rings (SSSR count). The molecule has 0 aliphatic heterocycles. The summed E-state index contributed by atoms with van der Waals surface area (Å²) in [5.74, 6) is 0.190. The van der Waals surface area contributed by atoms with Crippen LogP contribution < -0.4 is 5.73 Å². The van der Waals surface area contributed by atoms with Crippen LogP contribution in [0, 0.1) is 0 Å². The van der Waals surface area contributed by atoms with Crippen molar-refractivity contribution in [2.45, 2.75) is 12.8 Å². The van der Waals surface area contributed by atoms with Crippen molar-refractivity contribution in [3.8, 4) is 0 Å². The molecule has 0 aliphatic rings. The van der Waals surface area contributed by atoms with Gasteiger partial charge in [0.15, 0.2) is 17.7 Å². The first-order valence-corrected chi connectivity index (χ1v) is 7.32. The minimum absolute atomic E-state index is 0.0307. The Morgan fingerprint density at radius 3 is 2.95 bits per heavy atom. The summed E-state index contributed by atoms with van der Waals surface area (Å²) in [5, 5.41) is 3.32. The first-order valence-electron chi connectivity index (χ1n) is 5.52. The van der Waals surface area contributed by atoms with Crippen LogP contribution in [0.4, 0.5) is 5.82 Å². The minimum atomic E-state index is -4.37. The first-order chi connectivity index (χ1) is 9.90. The van der Waals surface area contributed by atoms with E-state index < -0.39 is 20.2 Å². The molecule has 13 heteroatoms. The number of anilines is 1. The van der Waals surface area contributed by atoms with Crippen molar-refractivity contribution < 1.29 is 19.1 Å². The number of rotatable bonds is 6. The third kappa shape index (κ3) is 3.88. The second-order valence-corrected chi connectivity index (χ2v) is 5.54. The van der Waals surface area contributed by atoms with Crippen LogP contribution in [0.2, 0.25) is 0 Å². The van der Waals surface area contributed by atoms with Gasteiger partial charge in [0.1, 0.15) is 18.2 Å². The van der Waals surface area contributed by atoms with Crippen molar-refractivity contribution in [1.82, 2.24) is 19.5 Å². The summed E-state index contributed by atoms with van der Waals surface area (Å²) in [4.78, 5) is 31.9. The van der Waals surface area contributed by atoms with E-state index in [1.807, 2.05) is 0 Å². The lowest BCUT2D eigenvalue weighted by Gasteiger charge is -2.14. The highest BCUT2D eigenvalue weighted by Crippen LogP contribution is 2.34. The quantitative estimate of drug-likeness (QED) is 0.292. The molecule has 0 fully saturated rings. The van der Waals surface area contributed by atoms with Crippen molar-refractivity contribution in [2.24, 2.45) is 5.11 Å². The highest BCUT2D eigenvalue weighted by molar-refractivity contribution is 7.51. The fourth-order valence-corrected chi connectivity index (χ4v) is 1.93. The number of ether oxygens (including phenoxy) is 1. The van der Waals surface area contributed by atoms with Gasteiger partial charge in [-0.3, -0.25) is 4.57 Å². The van der Waals surface area contributed by atoms with Gasteiger partial charge in [-0.2, -0.15) is 0 Å². The lowest BCUT2D eigenvalue weighted by molar-refractivity contribution is 0.0680. The van der Waals surface area contributed by atoms with E-state index in [1.54, 1.807) is 0 Å². The zero-order chi connectivity index (χ0) is 15.5. The smallest absolute Gasteiger partial charge is 0.350 e. The molecule has 0 aromatic carbocycles. The van der Waals surface area contributed by atoms with Crippen molar-refractivity contribution in [3.63, 3.8) is 0 Å². The van der Waals surface area contributed by atoms with Crippen LogP contribution >= 0.6 is 7.60 Å². The number of fused-ring (bicyclic) bond motifs is 1. The average molecular weight is 314 g/mol. The molecule has 0 saturated carbocycles. The molecule has 0 spiro atoms. The van der Waals surface area contributed by atoms with Gasteiger partial charge in [-0.25, -0.2) is 15.0 Å². The van der Waals surface area contributed by atoms with Crippen molar-refractivity contribution >= 4 is 24.6 Å². The Morgan fingerprint density at radius 1 is 1.52 bits per heavy atom. The van der Waals surface area contributed by atoms with Crippen LogP contribution in [0.25, 0.3) is 21.6 Å². The van der Waals surface area contributed by atoms with Gasteiger partial charge >= 0.3 is 7.60 Å². The maximum atomic E-state index is 10.8. The number of imidazole rings is 1. The van der Waals surface area contributed by atoms with Gasteiger partial charge in [-0.05, 0) is 5.53 Å². The maximum absolute atomic E-state index is 10.8. The summed E-state index contributed by atoms with van der Waals surface area (Å²) in [6.45, 7) is -0.0307. The van der Waals surface area contributed by atoms with E-state index in [0.717, 1.165) is 0 Å². The molecule has 0 radical (unpaired) electrons. The molecule has 0 aliphatic carbocycles. The Kier molecular flexibility index (Phi) is 4.36. The number of aromatic nitrogens is 4. The minimum Gasteiger partial charge on any atom is -0.382 e. The number of hydrogen-bond acceptors (Lipinski definition) is 7. The topological polar surface area (TPSA) is 185 Å². The van der Waals surface area contributed by atoms with Crippen molar-refractivity contribution in [3.05, 3.63) is 23.1 Å². The molecule has 2 heterocycles. The molecule has 2 aromatic rings. The SMILES string of the molecule is [N-]=[N+]=NC(Cn1cnc2c(N)ncnc21)OCP(=O)(O)O. The van der Waals surface area contributed by atoms with E-state index in [-0.39, 0.29) is 12.4 Å². The molecule has 1 atom stereocenters. The number of nitrogens with two attached hydrogens (primary N) is 1. The summed E-state index contributed by atoms with van der Waals surface area (Å²) < 4.78 is 17.1. The normalized spacial score (nSPS) is 13.0. The van der Waals surface area contributed by atoms with E-state index in [1.165, 1.54) is 17.2 Å². The lowest BCUT2D eigenvalue weighted by Crippen LogP contribution is -2.18. The Balaban J connectivity index is 2.21. The zero-order valence-corrected chi connectivity index (χ0v) is 11.4. The summed E-state index contributed by atoms with van der Waals surface area (Å²) >= 11 is 0. The standard InChI is InChI=1S/C8H11N8O4P/c9-7-6-8(12-2-11-7)16(3-13-6)1-5(14-15-10)20-4-21(17,18)19/h2-3,5H,1,4H2,(H2,9,11,12)(H2,17,18,19). The molecule has 0 amide bonds. The van der Waals surface area contributed by atoms with Gasteiger partial charge in [0.05, 0.1) is 12.9 Å². The summed E-state index contributed by atoms with van der Waals surface area (Å²) in [7, 11) is -4.37. The van der Waals surface area contributed by atoms with Gasteiger partial charge in [0.25, 0.3) is 0 Å². The van der Waals surface area contributed by atoms with Crippen LogP contribution in [0.15, 0.2) is 17.8 Å². The van der Waals surface area contributed by atoms with E-state index in [9.17, 15) is 4.57 Å². The third-order valence-electron chi connectivity index (χ3n) is 2.40. The molecule has 0 saturated heterocycles. The van der Waals surface area contributed by atoms with Crippen molar-refractivity contribution in [1.29, 1.82) is 0 Å². The molecule has 21 heavy (non-hydrogen) atoms. The molecule has 1 unspecified atom stereocenters. The lowest BCUT2D eigenvalue weighted by atomic mass is 10.5. The fourth-order valence-electron chi connectivity index (χ4n) is 1.56. The highest BCUT2D eigenvalue weighted by atomic mass is 31.2. The molecular formula is C8H11N8O4P. The predicted molar refractivity (Wildman–Crippen MR) is 70.7 cm³/mol. The van der Waals surface area contributed by atoms with Gasteiger partial charge in [-0.15, -0.1) is 0 Å². The van der Waals surface area contributed by atoms with Gasteiger partial charge < -0.3 is 24.8 Å². The molecule has 12 nitrogen and oxygen atoms in total. The first kappa shape index (κ1) is 15.2. The van der Waals surface area contributed by atoms with Crippen LogP contribution in [0.3, 0.4) is 0 Å². The van der Waals surface area contributed by atoms with Crippen LogP contribution in [-0.2, 0) is 15.8 Å². The molecular weight excluding hydrogens is 303 g/mol. The Labute approximate surface area is 117 Å². The maximum Gasteiger partial charge on any atom is 0.350 e. The number of nitrogens with zero attached hydrogens (tertiary/aromatic N) is 7. The monoisotopic (exact) mass is 314 g/mol. The molecule has 2 aromatic heterocycles. The van der Waals surface area contributed by atoms with E-state index in [2.05, 4.69) is 25.0 Å². The number of azide groups is 1. The number of hydrogen-bond donors (Lipinski definition) is 3. The van der Waals surface area contributed by atoms with Crippen molar-refractivity contribution in [2.75, 3.05) is 12.1 Å². The average Bonchev–Trinajstić information content (AvgIpc) is 2.80. The number of nitrogen functional groups attached to an aromatic ring is 1. The van der Waals surface area contributed by atoms with Gasteiger partial charge in [0.2, 0.25) is 0 Å². The summed E-state index contributed by atoms with van der Waals surface area (Å²) in [6.07, 6.45) is 0.641. The molecule has 0 bridgehead atoms. The third-order valence-corrected chi connectivity index (χ3v) is 2.88. The van der Waals surface area contributed by atoms with Crippen LogP contribution in [-0.4, -0.2) is 41.9 Å². The fraction of sp³-hybridized carbons (Fsp3) is 0.375. The Morgan fingerprint density at radius 2 is 2.29 bits per heavy atom. The summed E-state index contributed by atoms with van der Waals surface area (Å²) in [6, 6.07) is 0. The van der Waals surface area contributed by atoms with Crippen LogP contribution in [0.1, 0.15) is 0 Å². The van der Waals surface area contributed by atoms with E-state index >= 15 is 0 Å². The Hall–Kier alpha value is -2.23. The van der Waals surface area contributed by atoms with Gasteiger partial charge in [0, 0.05) is 4.91 Å². The van der Waals surface area contributed by atoms with E-state index in [0.29, 0.717) is 11.2 Å². The second-order valence-electron chi connectivity index (χ2n) is 3.95. The zero-order valence-electron chi connectivity index (χ0n) is 10.5. The predicted octanol–water partition coefficient (Wildman–Crippen LogP) is 0.197. The largest absolute Gasteiger partial charge is 0.382 e. The van der Waals surface area contributed by atoms with Crippen LogP contribution in [0.5, 0.6) is 0 Å². The van der Waals surface area contributed by atoms with Gasteiger partial charge in [-0.1, -0.05) is 5.11 Å². The molecule has 4 N–H and O–H groups in total.